The number of likely N-dealkylation sites (N-methyl/N-ethyl adjacent to an activating group) is 1. The third kappa shape index (κ3) is 3.99. The average Bonchev–Trinajstić information content (AvgIpc) is 2.29. The summed E-state index contributed by atoms with van der Waals surface area (Å²) in [5.74, 6) is 0.328. The minimum absolute atomic E-state index is 0.0136. The van der Waals surface area contributed by atoms with Crippen molar-refractivity contribution in [1.82, 2.24) is 9.88 Å². The Hall–Kier alpha value is -1.69. The van der Waals surface area contributed by atoms with Crippen LogP contribution in [0.2, 0.25) is 0 Å². The van der Waals surface area contributed by atoms with E-state index in [1.807, 2.05) is 7.05 Å². The van der Waals surface area contributed by atoms with Gasteiger partial charge in [0.05, 0.1) is 4.92 Å². The maximum atomic E-state index is 10.7. The van der Waals surface area contributed by atoms with E-state index in [4.69, 9.17) is 0 Å². The molecule has 6 nitrogen and oxygen atoms in total. The van der Waals surface area contributed by atoms with Crippen LogP contribution in [0.4, 0.5) is 11.5 Å². The largest absolute Gasteiger partial charge is 0.363 e. The summed E-state index contributed by atoms with van der Waals surface area (Å²) in [4.78, 5) is 16.4. The molecule has 1 aromatic rings. The average molecular weight is 238 g/mol. The first-order valence-corrected chi connectivity index (χ1v) is 5.56. The van der Waals surface area contributed by atoms with Gasteiger partial charge in [-0.2, -0.15) is 0 Å². The van der Waals surface area contributed by atoms with Crippen LogP contribution in [0.5, 0.6) is 0 Å². The standard InChI is InChI=1S/C11H18N4O2/c1-9(2)14(3)8-7-13-11-10(15(16)17)5-4-6-12-11/h4-6,9H,7-8H2,1-3H3,(H,12,13). The topological polar surface area (TPSA) is 71.3 Å². The molecule has 0 amide bonds. The minimum atomic E-state index is -0.429. The van der Waals surface area contributed by atoms with E-state index in [9.17, 15) is 10.1 Å². The predicted octanol–water partition coefficient (Wildman–Crippen LogP) is 1.74. The van der Waals surface area contributed by atoms with Gasteiger partial charge in [0.2, 0.25) is 5.82 Å². The molecule has 0 radical (unpaired) electrons. The van der Waals surface area contributed by atoms with E-state index in [2.05, 4.69) is 29.0 Å². The highest BCUT2D eigenvalue weighted by Gasteiger charge is 2.13. The van der Waals surface area contributed by atoms with Gasteiger partial charge < -0.3 is 10.2 Å². The minimum Gasteiger partial charge on any atom is -0.363 e. The molecule has 1 N–H and O–H groups in total. The quantitative estimate of drug-likeness (QED) is 0.603. The molecule has 0 spiro atoms. The van der Waals surface area contributed by atoms with Gasteiger partial charge in [-0.3, -0.25) is 10.1 Å². The molecule has 0 saturated heterocycles. The zero-order valence-electron chi connectivity index (χ0n) is 10.4. The Morgan fingerprint density at radius 2 is 2.29 bits per heavy atom. The summed E-state index contributed by atoms with van der Waals surface area (Å²) in [6.07, 6.45) is 1.54. The molecule has 1 heterocycles. The van der Waals surface area contributed by atoms with Crippen molar-refractivity contribution in [2.75, 3.05) is 25.5 Å². The number of hydrogen-bond acceptors (Lipinski definition) is 5. The van der Waals surface area contributed by atoms with Crippen molar-refractivity contribution in [1.29, 1.82) is 0 Å². The second-order valence-corrected chi connectivity index (χ2v) is 4.13. The van der Waals surface area contributed by atoms with E-state index in [0.717, 1.165) is 6.54 Å². The van der Waals surface area contributed by atoms with Crippen LogP contribution in [0, 0.1) is 10.1 Å². The van der Waals surface area contributed by atoms with Gasteiger partial charge in [0.1, 0.15) is 0 Å². The molecule has 0 aliphatic rings. The highest BCUT2D eigenvalue weighted by Crippen LogP contribution is 2.19. The Morgan fingerprint density at radius 1 is 1.59 bits per heavy atom. The lowest BCUT2D eigenvalue weighted by molar-refractivity contribution is -0.384. The number of hydrogen-bond donors (Lipinski definition) is 1. The van der Waals surface area contributed by atoms with Gasteiger partial charge in [0.15, 0.2) is 0 Å². The van der Waals surface area contributed by atoms with Gasteiger partial charge in [0.25, 0.3) is 0 Å². The van der Waals surface area contributed by atoms with Crippen molar-refractivity contribution in [3.05, 3.63) is 28.4 Å². The molecule has 0 aliphatic carbocycles. The molecule has 1 aromatic heterocycles. The fraction of sp³-hybridized carbons (Fsp3) is 0.545. The van der Waals surface area contributed by atoms with Crippen molar-refractivity contribution in [3.63, 3.8) is 0 Å². The van der Waals surface area contributed by atoms with E-state index in [1.54, 1.807) is 12.3 Å². The van der Waals surface area contributed by atoms with Crippen LogP contribution in [0.25, 0.3) is 0 Å². The zero-order chi connectivity index (χ0) is 12.8. The van der Waals surface area contributed by atoms with Crippen LogP contribution in [0.3, 0.4) is 0 Å². The molecule has 17 heavy (non-hydrogen) atoms. The molecule has 6 heteroatoms. The molecule has 1 rings (SSSR count). The lowest BCUT2D eigenvalue weighted by Crippen LogP contribution is -2.31. The first-order chi connectivity index (χ1) is 8.02. The number of rotatable bonds is 6. The van der Waals surface area contributed by atoms with Crippen molar-refractivity contribution in [2.45, 2.75) is 19.9 Å². The third-order valence-electron chi connectivity index (χ3n) is 2.62. The first kappa shape index (κ1) is 13.4. The molecule has 0 fully saturated rings. The Balaban J connectivity index is 2.55. The van der Waals surface area contributed by atoms with Gasteiger partial charge in [-0.25, -0.2) is 4.98 Å². The summed E-state index contributed by atoms with van der Waals surface area (Å²) in [7, 11) is 2.01. The normalized spacial score (nSPS) is 10.9. The molecular formula is C11H18N4O2. The van der Waals surface area contributed by atoms with E-state index in [-0.39, 0.29) is 5.69 Å². The summed E-state index contributed by atoms with van der Waals surface area (Å²) in [5.41, 5.74) is 0.0136. The van der Waals surface area contributed by atoms with Gasteiger partial charge in [-0.1, -0.05) is 0 Å². The van der Waals surface area contributed by atoms with Crippen LogP contribution in [-0.2, 0) is 0 Å². The second-order valence-electron chi connectivity index (χ2n) is 4.13. The van der Waals surface area contributed by atoms with Gasteiger partial charge in [-0.05, 0) is 27.0 Å². The fourth-order valence-corrected chi connectivity index (χ4v) is 1.29. The maximum Gasteiger partial charge on any atom is 0.311 e. The number of nitrogens with zero attached hydrogens (tertiary/aromatic N) is 3. The molecule has 0 atom stereocenters. The van der Waals surface area contributed by atoms with Gasteiger partial charge in [-0.15, -0.1) is 0 Å². The Morgan fingerprint density at radius 3 is 2.88 bits per heavy atom. The van der Waals surface area contributed by atoms with Gasteiger partial charge in [0, 0.05) is 31.4 Å². The van der Waals surface area contributed by atoms with Crippen molar-refractivity contribution < 1.29 is 4.92 Å². The first-order valence-electron chi connectivity index (χ1n) is 5.56. The molecule has 94 valence electrons. The van der Waals surface area contributed by atoms with Crippen molar-refractivity contribution >= 4 is 11.5 Å². The van der Waals surface area contributed by atoms with E-state index in [1.165, 1.54) is 6.07 Å². The maximum absolute atomic E-state index is 10.7. The summed E-state index contributed by atoms with van der Waals surface area (Å²) >= 11 is 0. The number of aromatic nitrogens is 1. The highest BCUT2D eigenvalue weighted by atomic mass is 16.6. The number of nitro groups is 1. The van der Waals surface area contributed by atoms with Crippen molar-refractivity contribution in [3.8, 4) is 0 Å². The fourth-order valence-electron chi connectivity index (χ4n) is 1.29. The zero-order valence-corrected chi connectivity index (χ0v) is 10.4. The van der Waals surface area contributed by atoms with Gasteiger partial charge >= 0.3 is 5.69 Å². The molecule has 0 aromatic carbocycles. The van der Waals surface area contributed by atoms with Crippen LogP contribution < -0.4 is 5.32 Å². The summed E-state index contributed by atoms with van der Waals surface area (Å²) in [6.45, 7) is 5.64. The lowest BCUT2D eigenvalue weighted by Gasteiger charge is -2.20. The van der Waals surface area contributed by atoms with Crippen molar-refractivity contribution in [2.24, 2.45) is 0 Å². The van der Waals surface area contributed by atoms with E-state index < -0.39 is 4.92 Å². The van der Waals surface area contributed by atoms with Crippen LogP contribution in [0.15, 0.2) is 18.3 Å². The molecule has 0 bridgehead atoms. The SMILES string of the molecule is CC(C)N(C)CCNc1ncccc1[N+](=O)[O-]. The summed E-state index contributed by atoms with van der Waals surface area (Å²) < 4.78 is 0. The summed E-state index contributed by atoms with van der Waals surface area (Å²) in [5, 5.41) is 13.7. The van der Waals surface area contributed by atoms with E-state index >= 15 is 0 Å². The lowest BCUT2D eigenvalue weighted by atomic mass is 10.3. The predicted molar refractivity (Wildman–Crippen MR) is 67.1 cm³/mol. The Kier molecular flexibility index (Phi) is 4.84. The van der Waals surface area contributed by atoms with Crippen LogP contribution in [-0.4, -0.2) is 41.0 Å². The number of nitrogens with one attached hydrogen (secondary N) is 1. The second kappa shape index (κ2) is 6.15. The van der Waals surface area contributed by atoms with Crippen LogP contribution in [0.1, 0.15) is 13.8 Å². The third-order valence-corrected chi connectivity index (χ3v) is 2.62. The molecular weight excluding hydrogens is 220 g/mol. The highest BCUT2D eigenvalue weighted by molar-refractivity contribution is 5.54. The molecule has 0 aliphatic heterocycles. The number of anilines is 1. The van der Waals surface area contributed by atoms with Crippen LogP contribution >= 0.6 is 0 Å². The smallest absolute Gasteiger partial charge is 0.311 e. The number of pyridine rings is 1. The Bertz CT molecular complexity index is 381. The monoisotopic (exact) mass is 238 g/mol. The Labute approximate surface area is 101 Å². The summed E-state index contributed by atoms with van der Waals surface area (Å²) in [6, 6.07) is 3.46. The van der Waals surface area contributed by atoms with E-state index in [0.29, 0.717) is 18.4 Å². The molecule has 0 unspecified atom stereocenters. The molecule has 0 saturated carbocycles.